The van der Waals surface area contributed by atoms with Gasteiger partial charge in [-0.3, -0.25) is 14.2 Å². The van der Waals surface area contributed by atoms with Gasteiger partial charge in [0.1, 0.15) is 5.75 Å². The number of amides is 1. The van der Waals surface area contributed by atoms with Crippen LogP contribution in [0.5, 0.6) is 5.75 Å². The number of hydrogen-bond donors (Lipinski definition) is 1. The minimum atomic E-state index is -2.95. The van der Waals surface area contributed by atoms with Gasteiger partial charge in [0.2, 0.25) is 5.91 Å². The summed E-state index contributed by atoms with van der Waals surface area (Å²) in [7, 11) is 0. The summed E-state index contributed by atoms with van der Waals surface area (Å²) in [4.78, 5) is 29.3. The summed E-state index contributed by atoms with van der Waals surface area (Å²) in [5.74, 6) is -0.260. The van der Waals surface area contributed by atoms with Gasteiger partial charge in [-0.25, -0.2) is 4.98 Å². The van der Waals surface area contributed by atoms with Crippen LogP contribution in [0, 0.1) is 0 Å². The number of ether oxygens (including phenoxy) is 1. The Labute approximate surface area is 188 Å². The molecule has 1 amide bonds. The summed E-state index contributed by atoms with van der Waals surface area (Å²) in [6.07, 6.45) is 1.83. The topological polar surface area (TPSA) is 73.2 Å². The van der Waals surface area contributed by atoms with E-state index in [1.165, 1.54) is 23.0 Å². The highest BCUT2D eigenvalue weighted by Gasteiger charge is 2.13. The van der Waals surface area contributed by atoms with E-state index in [1.807, 2.05) is 30.3 Å². The molecule has 0 radical (unpaired) electrons. The van der Waals surface area contributed by atoms with Gasteiger partial charge in [0, 0.05) is 30.6 Å². The summed E-state index contributed by atoms with van der Waals surface area (Å²) in [6, 6.07) is 20.9. The van der Waals surface area contributed by atoms with Crippen molar-refractivity contribution in [3.05, 3.63) is 101 Å². The second kappa shape index (κ2) is 10.0. The van der Waals surface area contributed by atoms with Crippen LogP contribution in [-0.2, 0) is 17.8 Å². The minimum Gasteiger partial charge on any atom is -0.435 e. The fourth-order valence-electron chi connectivity index (χ4n) is 3.53. The molecule has 1 aromatic heterocycles. The molecule has 168 valence electrons. The molecule has 0 saturated heterocycles. The molecule has 0 aliphatic carbocycles. The van der Waals surface area contributed by atoms with Crippen LogP contribution in [0.4, 0.5) is 14.5 Å². The quantitative estimate of drug-likeness (QED) is 0.426. The molecule has 3 aromatic carbocycles. The maximum absolute atomic E-state index is 12.8. The Balaban J connectivity index is 1.46. The number of nitrogens with zero attached hydrogens (tertiary/aromatic N) is 2. The Hall–Kier alpha value is -4.07. The fraction of sp³-hybridized carbons (Fsp3) is 0.160. The van der Waals surface area contributed by atoms with Crippen molar-refractivity contribution in [2.75, 3.05) is 5.32 Å². The number of anilines is 1. The normalized spacial score (nSPS) is 11.0. The lowest BCUT2D eigenvalue weighted by Gasteiger charge is -2.14. The zero-order valence-corrected chi connectivity index (χ0v) is 17.6. The molecular weight excluding hydrogens is 428 g/mol. The van der Waals surface area contributed by atoms with Crippen LogP contribution in [0.3, 0.4) is 0 Å². The molecule has 0 atom stereocenters. The number of aryl methyl sites for hydroxylation is 1. The average Bonchev–Trinajstić information content (AvgIpc) is 2.81. The number of alkyl halides is 2. The second-order valence-corrected chi connectivity index (χ2v) is 7.42. The minimum absolute atomic E-state index is 0.0449. The number of para-hydroxylation sites is 1. The third kappa shape index (κ3) is 5.60. The molecule has 0 aliphatic rings. The van der Waals surface area contributed by atoms with Crippen molar-refractivity contribution in [2.45, 2.75) is 26.0 Å². The van der Waals surface area contributed by atoms with Crippen LogP contribution in [0.15, 0.2) is 83.9 Å². The van der Waals surface area contributed by atoms with E-state index in [-0.39, 0.29) is 30.2 Å². The van der Waals surface area contributed by atoms with E-state index in [2.05, 4.69) is 15.0 Å². The van der Waals surface area contributed by atoms with Crippen molar-refractivity contribution in [1.82, 2.24) is 9.55 Å². The van der Waals surface area contributed by atoms with Gasteiger partial charge < -0.3 is 10.1 Å². The fourth-order valence-corrected chi connectivity index (χ4v) is 3.53. The molecule has 8 heteroatoms. The summed E-state index contributed by atoms with van der Waals surface area (Å²) >= 11 is 0. The Morgan fingerprint density at radius 1 is 1.03 bits per heavy atom. The highest BCUT2D eigenvalue weighted by Crippen LogP contribution is 2.27. The summed E-state index contributed by atoms with van der Waals surface area (Å²) < 4.78 is 31.7. The van der Waals surface area contributed by atoms with Crippen LogP contribution in [0.1, 0.15) is 17.5 Å². The van der Waals surface area contributed by atoms with Crippen molar-refractivity contribution < 1.29 is 18.3 Å². The lowest BCUT2D eigenvalue weighted by Crippen LogP contribution is -2.23. The molecule has 0 aliphatic heterocycles. The van der Waals surface area contributed by atoms with Crippen LogP contribution >= 0.6 is 0 Å². The van der Waals surface area contributed by atoms with E-state index in [0.29, 0.717) is 28.6 Å². The zero-order valence-electron chi connectivity index (χ0n) is 17.6. The number of fused-ring (bicyclic) bond motifs is 1. The number of hydrogen-bond acceptors (Lipinski definition) is 4. The van der Waals surface area contributed by atoms with Crippen molar-refractivity contribution >= 4 is 22.5 Å². The molecule has 0 unspecified atom stereocenters. The van der Waals surface area contributed by atoms with E-state index in [9.17, 15) is 18.4 Å². The molecule has 33 heavy (non-hydrogen) atoms. The Morgan fingerprint density at radius 3 is 2.58 bits per heavy atom. The van der Waals surface area contributed by atoms with E-state index in [1.54, 1.807) is 30.3 Å². The van der Waals surface area contributed by atoms with E-state index in [4.69, 9.17) is 0 Å². The van der Waals surface area contributed by atoms with Crippen LogP contribution < -0.4 is 15.6 Å². The first-order valence-electron chi connectivity index (χ1n) is 10.4. The standard InChI is InChI=1S/C25H21F2N3O3/c26-25(27)33-22-11-10-19(15-18(22)14-17-6-2-1-3-7-17)29-23(31)12-13-30-16-28-21-9-5-4-8-20(21)24(30)32/h1-11,15-16,25H,12-14H2,(H,29,31). The number of carbonyl (C=O) groups is 1. The van der Waals surface area contributed by atoms with Crippen molar-refractivity contribution in [3.8, 4) is 5.75 Å². The van der Waals surface area contributed by atoms with Gasteiger partial charge in [0.25, 0.3) is 5.56 Å². The average molecular weight is 449 g/mol. The van der Waals surface area contributed by atoms with E-state index >= 15 is 0 Å². The third-order valence-electron chi connectivity index (χ3n) is 5.11. The second-order valence-electron chi connectivity index (χ2n) is 7.42. The summed E-state index contributed by atoms with van der Waals surface area (Å²) in [5.41, 5.74) is 2.28. The molecule has 0 saturated carbocycles. The predicted molar refractivity (Wildman–Crippen MR) is 122 cm³/mol. The lowest BCUT2D eigenvalue weighted by atomic mass is 10.0. The number of rotatable bonds is 8. The number of nitrogens with one attached hydrogen (secondary N) is 1. The smallest absolute Gasteiger partial charge is 0.387 e. The highest BCUT2D eigenvalue weighted by atomic mass is 19.3. The Kier molecular flexibility index (Phi) is 6.73. The first-order chi connectivity index (χ1) is 16.0. The SMILES string of the molecule is O=C(CCn1cnc2ccccc2c1=O)Nc1ccc(OC(F)F)c(Cc2ccccc2)c1. The Morgan fingerprint density at radius 2 is 1.79 bits per heavy atom. The van der Waals surface area contributed by atoms with E-state index < -0.39 is 6.61 Å². The molecule has 0 fully saturated rings. The zero-order chi connectivity index (χ0) is 23.2. The predicted octanol–water partition coefficient (Wildman–Crippen LogP) is 4.62. The van der Waals surface area contributed by atoms with Crippen molar-refractivity contribution in [1.29, 1.82) is 0 Å². The molecular formula is C25H21F2N3O3. The van der Waals surface area contributed by atoms with Gasteiger partial charge in [0.15, 0.2) is 0 Å². The first-order valence-corrected chi connectivity index (χ1v) is 10.4. The maximum Gasteiger partial charge on any atom is 0.387 e. The molecule has 1 N–H and O–H groups in total. The van der Waals surface area contributed by atoms with Gasteiger partial charge in [-0.2, -0.15) is 8.78 Å². The van der Waals surface area contributed by atoms with Gasteiger partial charge in [-0.15, -0.1) is 0 Å². The molecule has 4 rings (SSSR count). The highest BCUT2D eigenvalue weighted by molar-refractivity contribution is 5.90. The summed E-state index contributed by atoms with van der Waals surface area (Å²) in [5, 5.41) is 3.24. The third-order valence-corrected chi connectivity index (χ3v) is 5.11. The molecule has 6 nitrogen and oxygen atoms in total. The van der Waals surface area contributed by atoms with Gasteiger partial charge in [0.05, 0.1) is 17.2 Å². The van der Waals surface area contributed by atoms with Crippen LogP contribution in [-0.4, -0.2) is 22.1 Å². The van der Waals surface area contributed by atoms with Crippen LogP contribution in [0.2, 0.25) is 0 Å². The van der Waals surface area contributed by atoms with E-state index in [0.717, 1.165) is 5.56 Å². The summed E-state index contributed by atoms with van der Waals surface area (Å²) in [6.45, 7) is -2.79. The van der Waals surface area contributed by atoms with Crippen molar-refractivity contribution in [3.63, 3.8) is 0 Å². The maximum atomic E-state index is 12.8. The lowest BCUT2D eigenvalue weighted by molar-refractivity contribution is -0.116. The molecule has 0 spiro atoms. The molecule has 4 aromatic rings. The van der Waals surface area contributed by atoms with Gasteiger partial charge in [-0.1, -0.05) is 42.5 Å². The first kappa shape index (κ1) is 22.1. The Bertz CT molecular complexity index is 1320. The van der Waals surface area contributed by atoms with Crippen molar-refractivity contribution in [2.24, 2.45) is 0 Å². The number of carbonyl (C=O) groups excluding carboxylic acids is 1. The largest absolute Gasteiger partial charge is 0.435 e. The van der Waals surface area contributed by atoms with Gasteiger partial charge >= 0.3 is 6.61 Å². The molecule has 1 heterocycles. The number of halogens is 2. The van der Waals surface area contributed by atoms with Crippen LogP contribution in [0.25, 0.3) is 10.9 Å². The monoisotopic (exact) mass is 449 g/mol. The molecule has 0 bridgehead atoms. The number of aromatic nitrogens is 2. The van der Waals surface area contributed by atoms with Gasteiger partial charge in [-0.05, 0) is 35.9 Å². The number of benzene rings is 3.